The van der Waals surface area contributed by atoms with Gasteiger partial charge in [-0.05, 0) is 0 Å². The van der Waals surface area contributed by atoms with E-state index in [1.165, 1.54) is 12.4 Å². The Bertz CT molecular complexity index is 355. The van der Waals surface area contributed by atoms with Crippen molar-refractivity contribution in [2.75, 3.05) is 5.73 Å². The number of aromatic nitrogens is 3. The van der Waals surface area contributed by atoms with E-state index < -0.39 is 0 Å². The molecule has 0 bridgehead atoms. The third kappa shape index (κ3) is 0.540. The van der Waals surface area contributed by atoms with Crippen LogP contribution >= 0.6 is 0 Å². The maximum atomic E-state index is 5.37. The Labute approximate surface area is 55.9 Å². The molecule has 50 valence electrons. The summed E-state index contributed by atoms with van der Waals surface area (Å²) in [6, 6.07) is 0. The molecule has 0 aliphatic heterocycles. The molecular weight excluding hydrogens is 132 g/mol. The molecule has 0 amide bonds. The molecule has 0 unspecified atom stereocenters. The van der Waals surface area contributed by atoms with Crippen molar-refractivity contribution in [2.45, 2.75) is 0 Å². The zero-order chi connectivity index (χ0) is 6.97. The highest BCUT2D eigenvalue weighted by Gasteiger charge is 2.03. The number of hydrogen-bond acceptors (Lipinski definition) is 5. The minimum atomic E-state index is 0.281. The van der Waals surface area contributed by atoms with Gasteiger partial charge in [0.05, 0.1) is 0 Å². The Morgan fingerprint density at radius 3 is 2.90 bits per heavy atom. The largest absolute Gasteiger partial charge is 0.379 e. The van der Waals surface area contributed by atoms with Crippen molar-refractivity contribution >= 4 is 17.0 Å². The molecule has 0 atom stereocenters. The van der Waals surface area contributed by atoms with Gasteiger partial charge in [-0.15, -0.1) is 0 Å². The van der Waals surface area contributed by atoms with E-state index in [-0.39, 0.29) is 5.82 Å². The Balaban J connectivity index is 2.93. The zero-order valence-electron chi connectivity index (χ0n) is 4.98. The maximum Gasteiger partial charge on any atom is 0.278 e. The summed E-state index contributed by atoms with van der Waals surface area (Å²) < 4.78 is 4.70. The predicted octanol–water partition coefficient (Wildman–Crippen LogP) is 0.200. The van der Waals surface area contributed by atoms with E-state index in [1.807, 2.05) is 0 Å². The standard InChI is InChI=1S/C5H4N4O/c6-4-3-5(10-9-4)8-2-1-7-3/h1-2H,(H2,6,9). The highest BCUT2D eigenvalue weighted by Crippen LogP contribution is 2.12. The van der Waals surface area contributed by atoms with Crippen LogP contribution in [-0.2, 0) is 0 Å². The van der Waals surface area contributed by atoms with Crippen LogP contribution in [-0.4, -0.2) is 15.1 Å². The number of nitrogen functional groups attached to an aromatic ring is 1. The molecule has 0 fully saturated rings. The van der Waals surface area contributed by atoms with Gasteiger partial charge in [0.25, 0.3) is 5.71 Å². The number of anilines is 1. The van der Waals surface area contributed by atoms with Crippen LogP contribution in [0.1, 0.15) is 0 Å². The van der Waals surface area contributed by atoms with Crippen molar-refractivity contribution in [3.05, 3.63) is 12.4 Å². The van der Waals surface area contributed by atoms with Gasteiger partial charge in [-0.3, -0.25) is 0 Å². The molecule has 10 heavy (non-hydrogen) atoms. The highest BCUT2D eigenvalue weighted by molar-refractivity contribution is 5.78. The fourth-order valence-electron chi connectivity index (χ4n) is 0.703. The quantitative estimate of drug-likeness (QED) is 0.559. The Morgan fingerprint density at radius 2 is 2.10 bits per heavy atom. The van der Waals surface area contributed by atoms with Gasteiger partial charge in [-0.2, -0.15) is 0 Å². The first-order valence-electron chi connectivity index (χ1n) is 2.70. The average Bonchev–Trinajstić information content (AvgIpc) is 2.34. The number of nitrogens with two attached hydrogens (primary N) is 1. The Kier molecular flexibility index (Phi) is 0.858. The van der Waals surface area contributed by atoms with Gasteiger partial charge in [0.2, 0.25) is 0 Å². The van der Waals surface area contributed by atoms with E-state index in [9.17, 15) is 0 Å². The fourth-order valence-corrected chi connectivity index (χ4v) is 0.703. The van der Waals surface area contributed by atoms with Crippen LogP contribution in [0.2, 0.25) is 0 Å². The highest BCUT2D eigenvalue weighted by atomic mass is 16.5. The molecule has 0 aliphatic carbocycles. The number of fused-ring (bicyclic) bond motifs is 1. The lowest BCUT2D eigenvalue weighted by atomic mass is 10.5. The van der Waals surface area contributed by atoms with Crippen molar-refractivity contribution in [2.24, 2.45) is 0 Å². The molecule has 2 rings (SSSR count). The summed E-state index contributed by atoms with van der Waals surface area (Å²) in [6.45, 7) is 0. The van der Waals surface area contributed by atoms with Crippen LogP contribution in [0, 0.1) is 0 Å². The molecule has 2 aromatic heterocycles. The first kappa shape index (κ1) is 5.16. The predicted molar refractivity (Wildman–Crippen MR) is 34.0 cm³/mol. The minimum Gasteiger partial charge on any atom is -0.379 e. The van der Waals surface area contributed by atoms with Crippen LogP contribution < -0.4 is 5.73 Å². The minimum absolute atomic E-state index is 0.281. The summed E-state index contributed by atoms with van der Waals surface area (Å²) in [6.07, 6.45) is 3.06. The van der Waals surface area contributed by atoms with Gasteiger partial charge in [0, 0.05) is 12.4 Å². The maximum absolute atomic E-state index is 5.37. The van der Waals surface area contributed by atoms with Crippen LogP contribution in [0.5, 0.6) is 0 Å². The Hall–Kier alpha value is -1.65. The van der Waals surface area contributed by atoms with Gasteiger partial charge in [-0.1, -0.05) is 5.16 Å². The monoisotopic (exact) mass is 136 g/mol. The SMILES string of the molecule is Nc1noc2nccnc12. The summed E-state index contributed by atoms with van der Waals surface area (Å²) >= 11 is 0. The van der Waals surface area contributed by atoms with Gasteiger partial charge in [-0.25, -0.2) is 9.97 Å². The van der Waals surface area contributed by atoms with Crippen LogP contribution in [0.3, 0.4) is 0 Å². The second-order valence-corrected chi connectivity index (χ2v) is 1.78. The first-order chi connectivity index (χ1) is 4.88. The van der Waals surface area contributed by atoms with E-state index in [0.717, 1.165) is 0 Å². The van der Waals surface area contributed by atoms with Crippen molar-refractivity contribution in [3.63, 3.8) is 0 Å². The van der Waals surface area contributed by atoms with Gasteiger partial charge < -0.3 is 10.3 Å². The van der Waals surface area contributed by atoms with Gasteiger partial charge in [0.1, 0.15) is 0 Å². The number of nitrogens with zero attached hydrogens (tertiary/aromatic N) is 3. The summed E-state index contributed by atoms with van der Waals surface area (Å²) in [5, 5.41) is 3.47. The van der Waals surface area contributed by atoms with Crippen molar-refractivity contribution in [3.8, 4) is 0 Å². The second-order valence-electron chi connectivity index (χ2n) is 1.78. The van der Waals surface area contributed by atoms with Crippen LogP contribution in [0.25, 0.3) is 11.2 Å². The normalized spacial score (nSPS) is 10.4. The number of hydrogen-bond donors (Lipinski definition) is 1. The van der Waals surface area contributed by atoms with Crippen molar-refractivity contribution in [1.82, 2.24) is 15.1 Å². The molecule has 5 nitrogen and oxygen atoms in total. The second kappa shape index (κ2) is 1.66. The average molecular weight is 136 g/mol. The fraction of sp³-hybridized carbons (Fsp3) is 0. The summed E-state index contributed by atoms with van der Waals surface area (Å²) in [7, 11) is 0. The third-order valence-corrected chi connectivity index (χ3v) is 1.14. The first-order valence-corrected chi connectivity index (χ1v) is 2.70. The van der Waals surface area contributed by atoms with Crippen molar-refractivity contribution in [1.29, 1.82) is 0 Å². The zero-order valence-corrected chi connectivity index (χ0v) is 4.98. The van der Waals surface area contributed by atoms with E-state index in [1.54, 1.807) is 0 Å². The molecule has 2 heterocycles. The van der Waals surface area contributed by atoms with E-state index >= 15 is 0 Å². The van der Waals surface area contributed by atoms with Crippen LogP contribution in [0.4, 0.5) is 5.82 Å². The van der Waals surface area contributed by atoms with Crippen molar-refractivity contribution < 1.29 is 4.52 Å². The molecule has 0 aromatic carbocycles. The Morgan fingerprint density at radius 1 is 1.30 bits per heavy atom. The molecular formula is C5H4N4O. The summed E-state index contributed by atoms with van der Waals surface area (Å²) in [5.41, 5.74) is 6.26. The molecule has 0 spiro atoms. The molecule has 0 aliphatic rings. The smallest absolute Gasteiger partial charge is 0.278 e. The van der Waals surface area contributed by atoms with E-state index in [2.05, 4.69) is 15.1 Å². The topological polar surface area (TPSA) is 77.8 Å². The van der Waals surface area contributed by atoms with Gasteiger partial charge in [0.15, 0.2) is 11.3 Å². The molecule has 0 saturated carbocycles. The lowest BCUT2D eigenvalue weighted by Crippen LogP contribution is -1.85. The summed E-state index contributed by atoms with van der Waals surface area (Å²) in [5.74, 6) is 0.281. The molecule has 2 aromatic rings. The van der Waals surface area contributed by atoms with Crippen LogP contribution in [0.15, 0.2) is 16.9 Å². The molecule has 5 heteroatoms. The molecule has 0 radical (unpaired) electrons. The molecule has 0 saturated heterocycles. The van der Waals surface area contributed by atoms with Gasteiger partial charge >= 0.3 is 0 Å². The van der Waals surface area contributed by atoms with E-state index in [4.69, 9.17) is 10.3 Å². The third-order valence-electron chi connectivity index (χ3n) is 1.14. The lowest BCUT2D eigenvalue weighted by molar-refractivity contribution is 0.452. The lowest BCUT2D eigenvalue weighted by Gasteiger charge is -1.80. The number of rotatable bonds is 0. The van der Waals surface area contributed by atoms with E-state index in [0.29, 0.717) is 11.2 Å². The summed E-state index contributed by atoms with van der Waals surface area (Å²) in [4.78, 5) is 7.73. The molecule has 2 N–H and O–H groups in total.